The van der Waals surface area contributed by atoms with Crippen LogP contribution in [-0.4, -0.2) is 36.5 Å². The van der Waals surface area contributed by atoms with Gasteiger partial charge in [0.25, 0.3) is 5.91 Å². The lowest BCUT2D eigenvalue weighted by Crippen LogP contribution is -2.43. The molecule has 2 aromatic carbocycles. The molecular formula is C20H19N3O3. The lowest BCUT2D eigenvalue weighted by atomic mass is 10.1. The summed E-state index contributed by atoms with van der Waals surface area (Å²) in [6.45, 7) is 0.834. The Morgan fingerprint density at radius 2 is 1.96 bits per heavy atom. The minimum absolute atomic E-state index is 0.0281. The van der Waals surface area contributed by atoms with Gasteiger partial charge in [-0.15, -0.1) is 0 Å². The fourth-order valence-electron chi connectivity index (χ4n) is 3.22. The SMILES string of the molecule is O=C(Cc1c[nH]c2ccccc12)NCCN1C(=O)COc2ccccc21. The van der Waals surface area contributed by atoms with Crippen LogP contribution in [0.3, 0.4) is 0 Å². The molecule has 0 saturated carbocycles. The Morgan fingerprint density at radius 3 is 2.88 bits per heavy atom. The summed E-state index contributed by atoms with van der Waals surface area (Å²) in [4.78, 5) is 29.2. The van der Waals surface area contributed by atoms with Crippen LogP contribution >= 0.6 is 0 Å². The third-order valence-corrected chi connectivity index (χ3v) is 4.49. The van der Waals surface area contributed by atoms with Crippen LogP contribution in [0.5, 0.6) is 5.75 Å². The summed E-state index contributed by atoms with van der Waals surface area (Å²) >= 11 is 0. The van der Waals surface area contributed by atoms with Gasteiger partial charge in [0.2, 0.25) is 5.91 Å². The quantitative estimate of drug-likeness (QED) is 0.742. The number of carbonyl (C=O) groups is 2. The predicted molar refractivity (Wildman–Crippen MR) is 99.3 cm³/mol. The summed E-state index contributed by atoms with van der Waals surface area (Å²) in [6, 6.07) is 15.3. The lowest BCUT2D eigenvalue weighted by Gasteiger charge is -2.29. The van der Waals surface area contributed by atoms with Crippen LogP contribution in [-0.2, 0) is 16.0 Å². The van der Waals surface area contributed by atoms with Crippen LogP contribution in [0.4, 0.5) is 5.69 Å². The number of nitrogens with one attached hydrogen (secondary N) is 2. The van der Waals surface area contributed by atoms with Gasteiger partial charge in [-0.1, -0.05) is 30.3 Å². The normalized spacial score (nSPS) is 13.4. The molecule has 6 heteroatoms. The Kier molecular flexibility index (Phi) is 4.31. The van der Waals surface area contributed by atoms with Crippen LogP contribution in [0, 0.1) is 0 Å². The van der Waals surface area contributed by atoms with Crippen LogP contribution in [0.25, 0.3) is 10.9 Å². The maximum Gasteiger partial charge on any atom is 0.265 e. The number of aromatic nitrogens is 1. The maximum atomic E-state index is 12.3. The molecule has 0 atom stereocenters. The smallest absolute Gasteiger partial charge is 0.265 e. The van der Waals surface area contributed by atoms with Crippen molar-refractivity contribution in [1.29, 1.82) is 0 Å². The number of aromatic amines is 1. The van der Waals surface area contributed by atoms with Gasteiger partial charge >= 0.3 is 0 Å². The van der Waals surface area contributed by atoms with Gasteiger partial charge in [-0.2, -0.15) is 0 Å². The Balaban J connectivity index is 1.36. The monoisotopic (exact) mass is 349 g/mol. The average molecular weight is 349 g/mol. The standard InChI is InChI=1S/C20H19N3O3/c24-19(11-14-12-22-16-6-2-1-5-15(14)16)21-9-10-23-17-7-3-4-8-18(17)26-13-20(23)25/h1-8,12,22H,9-11,13H2,(H,21,24). The number of hydrogen-bond acceptors (Lipinski definition) is 3. The first-order valence-corrected chi connectivity index (χ1v) is 8.56. The van der Waals surface area contributed by atoms with Crippen molar-refractivity contribution in [2.45, 2.75) is 6.42 Å². The van der Waals surface area contributed by atoms with E-state index in [9.17, 15) is 9.59 Å². The second-order valence-electron chi connectivity index (χ2n) is 6.19. The average Bonchev–Trinajstić information content (AvgIpc) is 3.06. The van der Waals surface area contributed by atoms with Crippen LogP contribution in [0.2, 0.25) is 0 Å². The molecule has 3 aromatic rings. The first-order valence-electron chi connectivity index (χ1n) is 8.56. The van der Waals surface area contributed by atoms with E-state index in [2.05, 4.69) is 10.3 Å². The van der Waals surface area contributed by atoms with Gasteiger partial charge < -0.3 is 19.9 Å². The summed E-state index contributed by atoms with van der Waals surface area (Å²) in [5, 5.41) is 3.95. The highest BCUT2D eigenvalue weighted by molar-refractivity contribution is 5.97. The Labute approximate surface area is 150 Å². The van der Waals surface area contributed by atoms with E-state index in [1.807, 2.05) is 54.7 Å². The zero-order chi connectivity index (χ0) is 17.9. The summed E-state index contributed by atoms with van der Waals surface area (Å²) < 4.78 is 5.42. The first-order chi connectivity index (χ1) is 12.7. The highest BCUT2D eigenvalue weighted by Crippen LogP contribution is 2.30. The molecule has 4 rings (SSSR count). The first kappa shape index (κ1) is 16.2. The van der Waals surface area contributed by atoms with Crippen molar-refractivity contribution >= 4 is 28.4 Å². The molecule has 26 heavy (non-hydrogen) atoms. The lowest BCUT2D eigenvalue weighted by molar-refractivity contribution is -0.122. The van der Waals surface area contributed by atoms with Crippen LogP contribution in [0.15, 0.2) is 54.7 Å². The summed E-state index contributed by atoms with van der Waals surface area (Å²) in [5.74, 6) is 0.524. The molecule has 0 bridgehead atoms. The molecule has 132 valence electrons. The van der Waals surface area contributed by atoms with Gasteiger partial charge in [0.15, 0.2) is 6.61 Å². The number of rotatable bonds is 5. The molecule has 0 unspecified atom stereocenters. The highest BCUT2D eigenvalue weighted by atomic mass is 16.5. The Bertz CT molecular complexity index is 964. The minimum atomic E-state index is -0.102. The molecule has 2 heterocycles. The van der Waals surface area contributed by atoms with Gasteiger partial charge in [-0.25, -0.2) is 0 Å². The zero-order valence-corrected chi connectivity index (χ0v) is 14.2. The van der Waals surface area contributed by atoms with Crippen LogP contribution in [0.1, 0.15) is 5.56 Å². The van der Waals surface area contributed by atoms with Gasteiger partial charge in [-0.3, -0.25) is 9.59 Å². The van der Waals surface area contributed by atoms with Crippen molar-refractivity contribution in [2.24, 2.45) is 0 Å². The summed E-state index contributed by atoms with van der Waals surface area (Å²) in [5.41, 5.74) is 2.73. The topological polar surface area (TPSA) is 74.4 Å². The van der Waals surface area contributed by atoms with Gasteiger partial charge in [0.05, 0.1) is 12.1 Å². The minimum Gasteiger partial charge on any atom is -0.482 e. The second kappa shape index (κ2) is 6.92. The largest absolute Gasteiger partial charge is 0.482 e. The molecule has 0 radical (unpaired) electrons. The molecule has 2 N–H and O–H groups in total. The molecule has 1 aliphatic rings. The zero-order valence-electron chi connectivity index (χ0n) is 14.2. The molecule has 2 amide bonds. The van der Waals surface area contributed by atoms with Crippen molar-refractivity contribution in [3.8, 4) is 5.75 Å². The van der Waals surface area contributed by atoms with E-state index in [-0.39, 0.29) is 18.4 Å². The number of fused-ring (bicyclic) bond motifs is 2. The van der Waals surface area contributed by atoms with Crippen molar-refractivity contribution in [1.82, 2.24) is 10.3 Å². The van der Waals surface area contributed by atoms with Gasteiger partial charge in [0.1, 0.15) is 5.75 Å². The van der Waals surface area contributed by atoms with Crippen molar-refractivity contribution < 1.29 is 14.3 Å². The maximum absolute atomic E-state index is 12.3. The number of hydrogen-bond donors (Lipinski definition) is 2. The van der Waals surface area contributed by atoms with E-state index < -0.39 is 0 Å². The fourth-order valence-corrected chi connectivity index (χ4v) is 3.22. The number of benzene rings is 2. The van der Waals surface area contributed by atoms with Crippen molar-refractivity contribution in [3.05, 3.63) is 60.3 Å². The van der Waals surface area contributed by atoms with E-state index in [1.165, 1.54) is 0 Å². The number of amides is 2. The summed E-state index contributed by atoms with van der Waals surface area (Å²) in [7, 11) is 0. The van der Waals surface area contributed by atoms with E-state index in [0.717, 1.165) is 22.2 Å². The predicted octanol–water partition coefficient (Wildman–Crippen LogP) is 2.25. The number of ether oxygens (including phenoxy) is 1. The number of anilines is 1. The fraction of sp³-hybridized carbons (Fsp3) is 0.200. The summed E-state index contributed by atoms with van der Waals surface area (Å²) in [6.07, 6.45) is 2.17. The van der Waals surface area contributed by atoms with Gasteiger partial charge in [0, 0.05) is 30.2 Å². The van der Waals surface area contributed by atoms with E-state index >= 15 is 0 Å². The third-order valence-electron chi connectivity index (χ3n) is 4.49. The molecule has 1 aliphatic heterocycles. The van der Waals surface area contributed by atoms with Crippen molar-refractivity contribution in [3.63, 3.8) is 0 Å². The molecular weight excluding hydrogens is 330 g/mol. The number of carbonyl (C=O) groups excluding carboxylic acids is 2. The second-order valence-corrected chi connectivity index (χ2v) is 6.19. The van der Waals surface area contributed by atoms with Gasteiger partial charge in [-0.05, 0) is 23.8 Å². The Morgan fingerprint density at radius 1 is 1.15 bits per heavy atom. The van der Waals surface area contributed by atoms with Crippen molar-refractivity contribution in [2.75, 3.05) is 24.6 Å². The molecule has 0 aliphatic carbocycles. The molecule has 6 nitrogen and oxygen atoms in total. The van der Waals surface area contributed by atoms with E-state index in [1.54, 1.807) is 4.90 Å². The molecule has 0 saturated heterocycles. The third kappa shape index (κ3) is 3.13. The molecule has 0 spiro atoms. The number of H-pyrrole nitrogens is 1. The van der Waals surface area contributed by atoms with E-state index in [0.29, 0.717) is 25.3 Å². The van der Waals surface area contributed by atoms with E-state index in [4.69, 9.17) is 4.74 Å². The molecule has 1 aromatic heterocycles. The highest BCUT2D eigenvalue weighted by Gasteiger charge is 2.24. The van der Waals surface area contributed by atoms with Crippen LogP contribution < -0.4 is 15.0 Å². The molecule has 0 fully saturated rings. The number of para-hydroxylation sites is 3. The Hall–Kier alpha value is -3.28. The number of nitrogens with zero attached hydrogens (tertiary/aromatic N) is 1.